The van der Waals surface area contributed by atoms with Gasteiger partial charge in [-0.05, 0) is 84.8 Å². The van der Waals surface area contributed by atoms with Crippen LogP contribution in [0.4, 0.5) is 4.39 Å². The van der Waals surface area contributed by atoms with Crippen molar-refractivity contribution in [1.29, 1.82) is 0 Å². The number of benzene rings is 1. The zero-order valence-electron chi connectivity index (χ0n) is 18.7. The molecule has 0 amide bonds. The van der Waals surface area contributed by atoms with Crippen LogP contribution in [0.2, 0.25) is 0 Å². The Hall–Kier alpha value is -0.980. The van der Waals surface area contributed by atoms with E-state index in [2.05, 4.69) is 37.4 Å². The predicted molar refractivity (Wildman–Crippen MR) is 128 cm³/mol. The number of allylic oxidation sites excluding steroid dienone is 2. The van der Waals surface area contributed by atoms with E-state index in [1.807, 2.05) is 19.1 Å². The zero-order chi connectivity index (χ0) is 22.2. The second-order valence-corrected chi connectivity index (χ2v) is 13.1. The summed E-state index contributed by atoms with van der Waals surface area (Å²) in [6.07, 6.45) is 4.69. The minimum absolute atomic E-state index is 0.00447. The average Bonchev–Trinajstić information content (AvgIpc) is 2.68. The van der Waals surface area contributed by atoms with Crippen LogP contribution in [-0.4, -0.2) is 38.9 Å². The SMILES string of the molecule is Cc1cc(C2=C(CCC3CC(O)CC(=O)O3)C(C)(C)CC3(C2)SCCCS3)ccc1F. The first-order chi connectivity index (χ1) is 14.7. The first-order valence-electron chi connectivity index (χ1n) is 11.3. The summed E-state index contributed by atoms with van der Waals surface area (Å²) in [6, 6.07) is 5.50. The molecule has 4 rings (SSSR count). The molecule has 2 heterocycles. The average molecular weight is 465 g/mol. The number of cyclic esters (lactones) is 1. The fourth-order valence-electron chi connectivity index (χ4n) is 5.39. The summed E-state index contributed by atoms with van der Waals surface area (Å²) in [4.78, 5) is 11.8. The molecule has 1 aliphatic carbocycles. The van der Waals surface area contributed by atoms with Gasteiger partial charge in [-0.3, -0.25) is 4.79 Å². The Balaban J connectivity index is 1.68. The number of aryl methyl sites for hydroxylation is 1. The van der Waals surface area contributed by atoms with E-state index in [4.69, 9.17) is 4.74 Å². The van der Waals surface area contributed by atoms with Gasteiger partial charge in [0.2, 0.25) is 0 Å². The van der Waals surface area contributed by atoms with Gasteiger partial charge < -0.3 is 9.84 Å². The molecule has 2 unspecified atom stereocenters. The van der Waals surface area contributed by atoms with Crippen molar-refractivity contribution in [1.82, 2.24) is 0 Å². The highest BCUT2D eigenvalue weighted by molar-refractivity contribution is 8.18. The number of hydrogen-bond donors (Lipinski definition) is 1. The molecule has 3 aliphatic rings. The highest BCUT2D eigenvalue weighted by Gasteiger charge is 2.46. The maximum Gasteiger partial charge on any atom is 0.308 e. The quantitative estimate of drug-likeness (QED) is 0.544. The van der Waals surface area contributed by atoms with E-state index in [1.165, 1.54) is 29.1 Å². The molecule has 1 aromatic carbocycles. The van der Waals surface area contributed by atoms with Gasteiger partial charge in [0.25, 0.3) is 0 Å². The maximum atomic E-state index is 14.0. The van der Waals surface area contributed by atoms with Crippen molar-refractivity contribution >= 4 is 35.1 Å². The summed E-state index contributed by atoms with van der Waals surface area (Å²) in [6.45, 7) is 6.49. The molecule has 2 saturated heterocycles. The van der Waals surface area contributed by atoms with Gasteiger partial charge in [0, 0.05) is 6.42 Å². The van der Waals surface area contributed by atoms with Crippen LogP contribution >= 0.6 is 23.5 Å². The third-order valence-corrected chi connectivity index (χ3v) is 10.1. The van der Waals surface area contributed by atoms with Crippen LogP contribution in [0.25, 0.3) is 5.57 Å². The van der Waals surface area contributed by atoms with Crippen LogP contribution < -0.4 is 0 Å². The summed E-state index contributed by atoms with van der Waals surface area (Å²) in [5.74, 6) is 1.93. The summed E-state index contributed by atoms with van der Waals surface area (Å²) < 4.78 is 19.7. The van der Waals surface area contributed by atoms with Crippen molar-refractivity contribution in [2.75, 3.05) is 11.5 Å². The number of hydrogen-bond acceptors (Lipinski definition) is 5. The summed E-state index contributed by atoms with van der Waals surface area (Å²) in [7, 11) is 0. The van der Waals surface area contributed by atoms with Crippen molar-refractivity contribution in [3.8, 4) is 0 Å². The fraction of sp³-hybridized carbons (Fsp3) is 0.640. The van der Waals surface area contributed by atoms with Crippen LogP contribution in [0.15, 0.2) is 23.8 Å². The largest absolute Gasteiger partial charge is 0.462 e. The fourth-order valence-corrected chi connectivity index (χ4v) is 9.15. The highest BCUT2D eigenvalue weighted by Crippen LogP contribution is 2.60. The smallest absolute Gasteiger partial charge is 0.308 e. The molecular weight excluding hydrogens is 431 g/mol. The van der Waals surface area contributed by atoms with E-state index in [0.717, 1.165) is 31.2 Å². The first kappa shape index (κ1) is 23.2. The number of carbonyl (C=O) groups excluding carboxylic acids is 1. The van der Waals surface area contributed by atoms with Crippen molar-refractivity contribution in [2.24, 2.45) is 5.41 Å². The van der Waals surface area contributed by atoms with Crippen molar-refractivity contribution in [2.45, 2.75) is 82.0 Å². The van der Waals surface area contributed by atoms with Gasteiger partial charge in [-0.1, -0.05) is 25.5 Å². The van der Waals surface area contributed by atoms with Gasteiger partial charge in [-0.25, -0.2) is 4.39 Å². The number of rotatable bonds is 4. The zero-order valence-corrected chi connectivity index (χ0v) is 20.3. The second kappa shape index (κ2) is 9.11. The number of carbonyl (C=O) groups is 1. The first-order valence-corrected chi connectivity index (χ1v) is 13.3. The van der Waals surface area contributed by atoms with E-state index in [-0.39, 0.29) is 33.8 Å². The molecule has 1 N–H and O–H groups in total. The number of aliphatic hydroxyl groups is 1. The molecule has 1 aromatic rings. The number of thioether (sulfide) groups is 2. The van der Waals surface area contributed by atoms with E-state index in [9.17, 15) is 14.3 Å². The number of aliphatic hydroxyl groups excluding tert-OH is 1. The molecule has 2 atom stereocenters. The third-order valence-electron chi connectivity index (χ3n) is 6.82. The lowest BCUT2D eigenvalue weighted by atomic mass is 9.68. The van der Waals surface area contributed by atoms with Crippen LogP contribution in [0.3, 0.4) is 0 Å². The van der Waals surface area contributed by atoms with E-state index in [0.29, 0.717) is 12.0 Å². The number of esters is 1. The van der Waals surface area contributed by atoms with Crippen molar-refractivity contribution < 1.29 is 19.0 Å². The summed E-state index contributed by atoms with van der Waals surface area (Å²) >= 11 is 4.19. The summed E-state index contributed by atoms with van der Waals surface area (Å²) in [5.41, 5.74) is 4.53. The van der Waals surface area contributed by atoms with E-state index < -0.39 is 6.10 Å². The lowest BCUT2D eigenvalue weighted by Gasteiger charge is -2.48. The Morgan fingerprint density at radius 3 is 2.68 bits per heavy atom. The second-order valence-electron chi connectivity index (χ2n) is 9.86. The van der Waals surface area contributed by atoms with Gasteiger partial charge in [-0.2, -0.15) is 0 Å². The molecule has 2 aliphatic heterocycles. The van der Waals surface area contributed by atoms with Gasteiger partial charge in [0.1, 0.15) is 11.9 Å². The maximum absolute atomic E-state index is 14.0. The van der Waals surface area contributed by atoms with Crippen molar-refractivity contribution in [3.05, 3.63) is 40.7 Å². The number of ether oxygens (including phenoxy) is 1. The minimum atomic E-state index is -0.600. The molecule has 2 fully saturated rings. The monoisotopic (exact) mass is 464 g/mol. The molecule has 1 spiro atoms. The predicted octanol–water partition coefficient (Wildman–Crippen LogP) is 6.12. The lowest BCUT2D eigenvalue weighted by Crippen LogP contribution is -2.38. The van der Waals surface area contributed by atoms with Crippen LogP contribution in [0.1, 0.15) is 69.9 Å². The normalized spacial score (nSPS) is 28.0. The Morgan fingerprint density at radius 2 is 2.00 bits per heavy atom. The van der Waals surface area contributed by atoms with Crippen LogP contribution in [-0.2, 0) is 9.53 Å². The molecular formula is C25H33FO3S2. The van der Waals surface area contributed by atoms with Gasteiger partial charge in [0.05, 0.1) is 16.6 Å². The Kier molecular flexibility index (Phi) is 6.81. The van der Waals surface area contributed by atoms with Gasteiger partial charge in [0.15, 0.2) is 0 Å². The Morgan fingerprint density at radius 1 is 1.26 bits per heavy atom. The van der Waals surface area contributed by atoms with Gasteiger partial charge in [-0.15, -0.1) is 23.5 Å². The van der Waals surface area contributed by atoms with E-state index in [1.54, 1.807) is 6.07 Å². The highest BCUT2D eigenvalue weighted by atomic mass is 32.2. The van der Waals surface area contributed by atoms with Gasteiger partial charge >= 0.3 is 5.97 Å². The van der Waals surface area contributed by atoms with Crippen LogP contribution in [0.5, 0.6) is 0 Å². The molecule has 31 heavy (non-hydrogen) atoms. The third kappa shape index (κ3) is 5.17. The molecule has 0 aromatic heterocycles. The topological polar surface area (TPSA) is 46.5 Å². The molecule has 0 saturated carbocycles. The standard InChI is InChI=1S/C25H33FO3S2/c1-16-11-17(5-8-22(16)26)20-14-25(30-9-4-10-31-25)15-24(2,3)21(20)7-6-19-12-18(27)13-23(28)29-19/h5,8,11,18-19,27H,4,6-7,9-10,12-15H2,1-3H3. The molecule has 0 radical (unpaired) electrons. The molecule has 6 heteroatoms. The number of halogens is 1. The lowest BCUT2D eigenvalue weighted by molar-refractivity contribution is -0.160. The van der Waals surface area contributed by atoms with Crippen molar-refractivity contribution in [3.63, 3.8) is 0 Å². The van der Waals surface area contributed by atoms with Crippen LogP contribution in [0, 0.1) is 18.2 Å². The molecule has 0 bridgehead atoms. The molecule has 170 valence electrons. The van der Waals surface area contributed by atoms with E-state index >= 15 is 0 Å². The Labute approximate surface area is 193 Å². The minimum Gasteiger partial charge on any atom is -0.462 e. The summed E-state index contributed by atoms with van der Waals surface area (Å²) in [5, 5.41) is 9.99. The molecule has 3 nitrogen and oxygen atoms in total. The Bertz CT molecular complexity index is 874.